The number of nitrogens with zero attached hydrogens (tertiary/aromatic N) is 2. The molecule has 0 saturated heterocycles. The van der Waals surface area contributed by atoms with E-state index < -0.39 is 0 Å². The van der Waals surface area contributed by atoms with Crippen molar-refractivity contribution in [1.82, 2.24) is 9.78 Å². The van der Waals surface area contributed by atoms with Crippen LogP contribution in [0.25, 0.3) is 0 Å². The van der Waals surface area contributed by atoms with E-state index in [2.05, 4.69) is 40.1 Å². The first-order chi connectivity index (χ1) is 9.02. The Morgan fingerprint density at radius 1 is 1.42 bits per heavy atom. The van der Waals surface area contributed by atoms with Gasteiger partial charge in [0.2, 0.25) is 0 Å². The SMILES string of the molecule is CCCn1ncc(Cl)c1C(N)c1cc(C)cc(Br)c1. The standard InChI is InChI=1S/C14H17BrClN3/c1-3-4-19-14(12(16)8-18-19)13(17)10-5-9(2)6-11(15)7-10/h5-8,13H,3-4,17H2,1-2H3. The van der Waals surface area contributed by atoms with Crippen LogP contribution in [-0.2, 0) is 6.54 Å². The molecule has 0 aliphatic rings. The van der Waals surface area contributed by atoms with Crippen molar-refractivity contribution < 1.29 is 0 Å². The summed E-state index contributed by atoms with van der Waals surface area (Å²) < 4.78 is 2.92. The van der Waals surface area contributed by atoms with Gasteiger partial charge in [0.1, 0.15) is 0 Å². The Bertz CT molecular complexity index is 560. The molecule has 1 unspecified atom stereocenters. The molecule has 19 heavy (non-hydrogen) atoms. The maximum atomic E-state index is 6.36. The third kappa shape index (κ3) is 3.19. The lowest BCUT2D eigenvalue weighted by atomic mass is 10.0. The lowest BCUT2D eigenvalue weighted by Gasteiger charge is -2.16. The van der Waals surface area contributed by atoms with Crippen LogP contribution in [-0.4, -0.2) is 9.78 Å². The van der Waals surface area contributed by atoms with Gasteiger partial charge in [0.15, 0.2) is 0 Å². The van der Waals surface area contributed by atoms with Gasteiger partial charge in [0, 0.05) is 11.0 Å². The molecule has 0 bridgehead atoms. The van der Waals surface area contributed by atoms with Crippen LogP contribution in [0, 0.1) is 6.92 Å². The fraction of sp³-hybridized carbons (Fsp3) is 0.357. The fourth-order valence-electron chi connectivity index (χ4n) is 2.17. The number of hydrogen-bond donors (Lipinski definition) is 1. The van der Waals surface area contributed by atoms with Crippen LogP contribution >= 0.6 is 27.5 Å². The molecule has 0 spiro atoms. The molecule has 0 aliphatic heterocycles. The van der Waals surface area contributed by atoms with Crippen molar-refractivity contribution in [2.75, 3.05) is 0 Å². The zero-order chi connectivity index (χ0) is 14.0. The monoisotopic (exact) mass is 341 g/mol. The lowest BCUT2D eigenvalue weighted by molar-refractivity contribution is 0.559. The van der Waals surface area contributed by atoms with Gasteiger partial charge in [-0.25, -0.2) is 0 Å². The molecule has 2 rings (SSSR count). The van der Waals surface area contributed by atoms with E-state index in [1.807, 2.05) is 17.7 Å². The van der Waals surface area contributed by atoms with Crippen LogP contribution in [0.15, 0.2) is 28.9 Å². The van der Waals surface area contributed by atoms with Gasteiger partial charge in [-0.05, 0) is 36.6 Å². The number of aryl methyl sites for hydroxylation is 2. The van der Waals surface area contributed by atoms with Crippen LogP contribution in [0.3, 0.4) is 0 Å². The van der Waals surface area contributed by atoms with Crippen molar-refractivity contribution in [3.05, 3.63) is 50.7 Å². The summed E-state index contributed by atoms with van der Waals surface area (Å²) in [7, 11) is 0. The number of rotatable bonds is 4. The van der Waals surface area contributed by atoms with E-state index in [9.17, 15) is 0 Å². The van der Waals surface area contributed by atoms with Gasteiger partial charge >= 0.3 is 0 Å². The quantitative estimate of drug-likeness (QED) is 0.910. The minimum absolute atomic E-state index is 0.266. The number of benzene rings is 1. The van der Waals surface area contributed by atoms with Gasteiger partial charge in [0.25, 0.3) is 0 Å². The zero-order valence-corrected chi connectivity index (χ0v) is 13.4. The molecule has 2 aromatic rings. The number of hydrogen-bond acceptors (Lipinski definition) is 2. The maximum absolute atomic E-state index is 6.36. The van der Waals surface area contributed by atoms with E-state index in [-0.39, 0.29) is 6.04 Å². The number of aromatic nitrogens is 2. The number of halogens is 2. The molecule has 5 heteroatoms. The van der Waals surface area contributed by atoms with Gasteiger partial charge in [-0.2, -0.15) is 5.10 Å². The van der Waals surface area contributed by atoms with Crippen molar-refractivity contribution >= 4 is 27.5 Å². The van der Waals surface area contributed by atoms with Crippen molar-refractivity contribution in [1.29, 1.82) is 0 Å². The minimum atomic E-state index is -0.266. The highest BCUT2D eigenvalue weighted by molar-refractivity contribution is 9.10. The molecule has 0 aliphatic carbocycles. The smallest absolute Gasteiger partial charge is 0.0837 e. The molecular formula is C14H17BrClN3. The van der Waals surface area contributed by atoms with E-state index >= 15 is 0 Å². The molecule has 0 radical (unpaired) electrons. The average Bonchev–Trinajstić information content (AvgIpc) is 2.69. The van der Waals surface area contributed by atoms with Crippen LogP contribution in [0.4, 0.5) is 0 Å². The molecule has 0 saturated carbocycles. The first-order valence-corrected chi connectivity index (χ1v) is 7.44. The summed E-state index contributed by atoms with van der Waals surface area (Å²) in [6.45, 7) is 4.98. The third-order valence-corrected chi connectivity index (χ3v) is 3.74. The second-order valence-corrected chi connectivity index (χ2v) is 5.96. The van der Waals surface area contributed by atoms with Gasteiger partial charge in [-0.3, -0.25) is 4.68 Å². The molecule has 1 atom stereocenters. The van der Waals surface area contributed by atoms with Gasteiger partial charge in [-0.1, -0.05) is 40.5 Å². The van der Waals surface area contributed by atoms with Gasteiger partial charge < -0.3 is 5.73 Å². The topological polar surface area (TPSA) is 43.8 Å². The Balaban J connectivity index is 2.43. The summed E-state index contributed by atoms with van der Waals surface area (Å²) in [4.78, 5) is 0. The molecule has 1 heterocycles. The summed E-state index contributed by atoms with van der Waals surface area (Å²) in [5, 5.41) is 4.91. The van der Waals surface area contributed by atoms with Gasteiger partial charge in [0.05, 0.1) is 23.0 Å². The predicted molar refractivity (Wildman–Crippen MR) is 82.4 cm³/mol. The van der Waals surface area contributed by atoms with Crippen LogP contribution < -0.4 is 5.73 Å². The lowest BCUT2D eigenvalue weighted by Crippen LogP contribution is -2.18. The summed E-state index contributed by atoms with van der Waals surface area (Å²) in [6.07, 6.45) is 2.66. The first kappa shape index (κ1) is 14.6. The molecule has 102 valence electrons. The molecule has 2 N–H and O–H groups in total. The van der Waals surface area contributed by atoms with Crippen molar-refractivity contribution in [3.8, 4) is 0 Å². The minimum Gasteiger partial charge on any atom is -0.319 e. The Labute approximate surface area is 126 Å². The highest BCUT2D eigenvalue weighted by Gasteiger charge is 2.18. The van der Waals surface area contributed by atoms with E-state index in [0.717, 1.165) is 34.3 Å². The largest absolute Gasteiger partial charge is 0.319 e. The predicted octanol–water partition coefficient (Wildman–Crippen LogP) is 4.07. The normalized spacial score (nSPS) is 12.7. The summed E-state index contributed by atoms with van der Waals surface area (Å²) in [5.41, 5.74) is 9.44. The summed E-state index contributed by atoms with van der Waals surface area (Å²) in [5.74, 6) is 0. The fourth-order valence-corrected chi connectivity index (χ4v) is 3.06. The van der Waals surface area contributed by atoms with Crippen LogP contribution in [0.1, 0.15) is 36.2 Å². The zero-order valence-electron chi connectivity index (χ0n) is 11.0. The van der Waals surface area contributed by atoms with Crippen LogP contribution in [0.2, 0.25) is 5.02 Å². The van der Waals surface area contributed by atoms with E-state index in [0.29, 0.717) is 5.02 Å². The molecule has 0 fully saturated rings. The molecule has 3 nitrogen and oxygen atoms in total. The van der Waals surface area contributed by atoms with Crippen molar-refractivity contribution in [3.63, 3.8) is 0 Å². The summed E-state index contributed by atoms with van der Waals surface area (Å²) in [6, 6.07) is 5.89. The van der Waals surface area contributed by atoms with Crippen molar-refractivity contribution in [2.24, 2.45) is 5.73 Å². The Hall–Kier alpha value is -0.840. The van der Waals surface area contributed by atoms with E-state index in [1.165, 1.54) is 0 Å². The Morgan fingerprint density at radius 3 is 2.79 bits per heavy atom. The highest BCUT2D eigenvalue weighted by atomic mass is 79.9. The van der Waals surface area contributed by atoms with Crippen LogP contribution in [0.5, 0.6) is 0 Å². The maximum Gasteiger partial charge on any atom is 0.0837 e. The second kappa shape index (κ2) is 6.07. The van der Waals surface area contributed by atoms with E-state index in [4.69, 9.17) is 17.3 Å². The van der Waals surface area contributed by atoms with Crippen molar-refractivity contribution in [2.45, 2.75) is 32.9 Å². The van der Waals surface area contributed by atoms with E-state index in [1.54, 1.807) is 6.20 Å². The first-order valence-electron chi connectivity index (χ1n) is 6.26. The Morgan fingerprint density at radius 2 is 2.16 bits per heavy atom. The molecular weight excluding hydrogens is 326 g/mol. The number of nitrogens with two attached hydrogens (primary N) is 1. The summed E-state index contributed by atoms with van der Waals surface area (Å²) >= 11 is 9.73. The average molecular weight is 343 g/mol. The highest BCUT2D eigenvalue weighted by Crippen LogP contribution is 2.28. The van der Waals surface area contributed by atoms with Gasteiger partial charge in [-0.15, -0.1) is 0 Å². The Kier molecular flexibility index (Phi) is 4.66. The molecule has 1 aromatic carbocycles. The molecule has 1 aromatic heterocycles. The second-order valence-electron chi connectivity index (χ2n) is 4.64. The molecule has 0 amide bonds. The third-order valence-electron chi connectivity index (χ3n) is 2.99.